The van der Waals surface area contributed by atoms with Crippen molar-refractivity contribution < 1.29 is 0 Å². The normalized spacial score (nSPS) is 13.1. The molecule has 0 heterocycles. The van der Waals surface area contributed by atoms with Gasteiger partial charge in [-0.15, -0.1) is 0 Å². The molecule has 0 aliphatic carbocycles. The number of hydrogen-bond donors (Lipinski definition) is 1. The van der Waals surface area contributed by atoms with Gasteiger partial charge in [0.15, 0.2) is 0 Å². The van der Waals surface area contributed by atoms with E-state index in [-0.39, 0.29) is 6.04 Å². The Morgan fingerprint density at radius 3 is 2.17 bits per heavy atom. The summed E-state index contributed by atoms with van der Waals surface area (Å²) in [5.74, 6) is 0.733. The van der Waals surface area contributed by atoms with Crippen molar-refractivity contribution in [1.82, 2.24) is 9.80 Å². The molecule has 1 unspecified atom stereocenters. The fourth-order valence-corrected chi connectivity index (χ4v) is 1.84. The van der Waals surface area contributed by atoms with Crippen molar-refractivity contribution in [3.05, 3.63) is 12.3 Å². The van der Waals surface area contributed by atoms with E-state index in [0.717, 1.165) is 31.1 Å². The lowest BCUT2D eigenvalue weighted by Gasteiger charge is -2.27. The summed E-state index contributed by atoms with van der Waals surface area (Å²) in [5.41, 5.74) is 7.27. The summed E-state index contributed by atoms with van der Waals surface area (Å²) in [6.45, 7) is 10.8. The number of rotatable bonds is 10. The maximum absolute atomic E-state index is 6.19. The van der Waals surface area contributed by atoms with Crippen molar-refractivity contribution in [2.75, 3.05) is 34.2 Å². The quantitative estimate of drug-likeness (QED) is 0.609. The van der Waals surface area contributed by atoms with E-state index in [1.165, 1.54) is 19.3 Å². The van der Waals surface area contributed by atoms with Crippen LogP contribution in [0.4, 0.5) is 0 Å². The standard InChI is InChI=1S/C15H33N3/c1-13(2)10-12-18(6)14(3)15(16)9-7-8-11-17(4)5/h13,15H,3,7-12,16H2,1-2,4-6H3. The van der Waals surface area contributed by atoms with Gasteiger partial charge >= 0.3 is 0 Å². The fourth-order valence-electron chi connectivity index (χ4n) is 1.84. The van der Waals surface area contributed by atoms with Gasteiger partial charge < -0.3 is 15.5 Å². The topological polar surface area (TPSA) is 32.5 Å². The highest BCUT2D eigenvalue weighted by Gasteiger charge is 2.11. The van der Waals surface area contributed by atoms with Gasteiger partial charge in [-0.25, -0.2) is 0 Å². The maximum atomic E-state index is 6.19. The largest absolute Gasteiger partial charge is 0.377 e. The molecule has 2 N–H and O–H groups in total. The van der Waals surface area contributed by atoms with Crippen LogP contribution in [0.25, 0.3) is 0 Å². The van der Waals surface area contributed by atoms with Crippen LogP contribution in [0.3, 0.4) is 0 Å². The Labute approximate surface area is 114 Å². The minimum atomic E-state index is 0.115. The second kappa shape index (κ2) is 9.40. The number of unbranched alkanes of at least 4 members (excludes halogenated alkanes) is 1. The molecule has 0 aromatic heterocycles. The van der Waals surface area contributed by atoms with Gasteiger partial charge in [-0.1, -0.05) is 26.8 Å². The van der Waals surface area contributed by atoms with Crippen LogP contribution in [-0.4, -0.2) is 50.1 Å². The molecule has 0 spiro atoms. The van der Waals surface area contributed by atoms with Gasteiger partial charge in [0.1, 0.15) is 0 Å². The van der Waals surface area contributed by atoms with Gasteiger partial charge in [0.2, 0.25) is 0 Å². The molecule has 108 valence electrons. The predicted octanol–water partition coefficient (Wildman–Crippen LogP) is 2.54. The zero-order valence-corrected chi connectivity index (χ0v) is 13.1. The minimum absolute atomic E-state index is 0.115. The van der Waals surface area contributed by atoms with Gasteiger partial charge in [-0.3, -0.25) is 0 Å². The SMILES string of the molecule is C=C(C(N)CCCCN(C)C)N(C)CCC(C)C. The predicted molar refractivity (Wildman–Crippen MR) is 81.6 cm³/mol. The third-order valence-electron chi connectivity index (χ3n) is 3.33. The highest BCUT2D eigenvalue weighted by molar-refractivity contribution is 5.02. The van der Waals surface area contributed by atoms with Gasteiger partial charge in [0.05, 0.1) is 0 Å². The molecular formula is C15H33N3. The molecule has 3 nitrogen and oxygen atoms in total. The van der Waals surface area contributed by atoms with Gasteiger partial charge in [-0.2, -0.15) is 0 Å². The van der Waals surface area contributed by atoms with E-state index in [1.54, 1.807) is 0 Å². The van der Waals surface area contributed by atoms with Gasteiger partial charge in [0, 0.05) is 25.3 Å². The van der Waals surface area contributed by atoms with E-state index in [1.807, 2.05) is 0 Å². The van der Waals surface area contributed by atoms with Crippen LogP contribution in [0.2, 0.25) is 0 Å². The van der Waals surface area contributed by atoms with E-state index in [9.17, 15) is 0 Å². The zero-order chi connectivity index (χ0) is 14.1. The lowest BCUT2D eigenvalue weighted by Crippen LogP contribution is -2.33. The molecule has 0 amide bonds. The molecule has 0 aromatic carbocycles. The van der Waals surface area contributed by atoms with Crippen molar-refractivity contribution in [3.8, 4) is 0 Å². The number of nitrogens with two attached hydrogens (primary N) is 1. The zero-order valence-electron chi connectivity index (χ0n) is 13.1. The highest BCUT2D eigenvalue weighted by Crippen LogP contribution is 2.12. The summed E-state index contributed by atoms with van der Waals surface area (Å²) in [6.07, 6.45) is 4.63. The Balaban J connectivity index is 3.80. The molecule has 0 saturated heterocycles. The Kier molecular flexibility index (Phi) is 9.12. The van der Waals surface area contributed by atoms with Gasteiger partial charge in [-0.05, 0) is 45.8 Å². The molecule has 0 fully saturated rings. The summed E-state index contributed by atoms with van der Waals surface area (Å²) in [4.78, 5) is 4.44. The monoisotopic (exact) mass is 255 g/mol. The minimum Gasteiger partial charge on any atom is -0.377 e. The Morgan fingerprint density at radius 2 is 1.67 bits per heavy atom. The summed E-state index contributed by atoms with van der Waals surface area (Å²) < 4.78 is 0. The van der Waals surface area contributed by atoms with E-state index >= 15 is 0 Å². The van der Waals surface area contributed by atoms with E-state index in [0.29, 0.717) is 0 Å². The summed E-state index contributed by atoms with van der Waals surface area (Å²) >= 11 is 0. The van der Waals surface area contributed by atoms with Crippen LogP contribution < -0.4 is 5.73 Å². The second-order valence-corrected chi connectivity index (χ2v) is 6.00. The van der Waals surface area contributed by atoms with E-state index in [2.05, 4.69) is 51.4 Å². The van der Waals surface area contributed by atoms with Crippen molar-refractivity contribution in [3.63, 3.8) is 0 Å². The van der Waals surface area contributed by atoms with Crippen molar-refractivity contribution in [1.29, 1.82) is 0 Å². The third kappa shape index (κ3) is 8.54. The summed E-state index contributed by atoms with van der Waals surface area (Å²) in [7, 11) is 6.32. The lowest BCUT2D eigenvalue weighted by molar-refractivity contribution is 0.344. The van der Waals surface area contributed by atoms with E-state index < -0.39 is 0 Å². The number of hydrogen-bond acceptors (Lipinski definition) is 3. The third-order valence-corrected chi connectivity index (χ3v) is 3.33. The first kappa shape index (κ1) is 17.5. The van der Waals surface area contributed by atoms with Crippen molar-refractivity contribution >= 4 is 0 Å². The first-order chi connectivity index (χ1) is 8.34. The fraction of sp³-hybridized carbons (Fsp3) is 0.867. The molecule has 0 saturated carbocycles. The first-order valence-electron chi connectivity index (χ1n) is 7.14. The van der Waals surface area contributed by atoms with Crippen LogP contribution in [-0.2, 0) is 0 Å². The van der Waals surface area contributed by atoms with Crippen LogP contribution in [0.1, 0.15) is 39.5 Å². The van der Waals surface area contributed by atoms with Crippen molar-refractivity contribution in [2.45, 2.75) is 45.6 Å². The molecule has 0 bridgehead atoms. The number of nitrogens with zero attached hydrogens (tertiary/aromatic N) is 2. The lowest BCUT2D eigenvalue weighted by atomic mass is 10.1. The maximum Gasteiger partial charge on any atom is 0.0440 e. The Morgan fingerprint density at radius 1 is 1.06 bits per heavy atom. The second-order valence-electron chi connectivity index (χ2n) is 6.00. The molecule has 0 aromatic rings. The molecule has 0 rings (SSSR count). The average molecular weight is 255 g/mol. The Bertz CT molecular complexity index is 224. The van der Waals surface area contributed by atoms with Crippen LogP contribution >= 0.6 is 0 Å². The average Bonchev–Trinajstić information content (AvgIpc) is 2.29. The smallest absolute Gasteiger partial charge is 0.0440 e. The van der Waals surface area contributed by atoms with E-state index in [4.69, 9.17) is 5.73 Å². The molecule has 3 heteroatoms. The highest BCUT2D eigenvalue weighted by atomic mass is 15.1. The summed E-state index contributed by atoms with van der Waals surface area (Å²) in [5, 5.41) is 0. The molecule has 0 aliphatic heterocycles. The van der Waals surface area contributed by atoms with Crippen LogP contribution in [0.5, 0.6) is 0 Å². The molecule has 18 heavy (non-hydrogen) atoms. The first-order valence-corrected chi connectivity index (χ1v) is 7.14. The van der Waals surface area contributed by atoms with Gasteiger partial charge in [0.25, 0.3) is 0 Å². The summed E-state index contributed by atoms with van der Waals surface area (Å²) in [6, 6.07) is 0.115. The molecular weight excluding hydrogens is 222 g/mol. The Hall–Kier alpha value is -0.540. The van der Waals surface area contributed by atoms with Crippen LogP contribution in [0, 0.1) is 5.92 Å². The number of likely N-dealkylation sites (N-methyl/N-ethyl adjacent to an activating group) is 1. The molecule has 0 radical (unpaired) electrons. The molecule has 0 aliphatic rings. The molecule has 1 atom stereocenters. The van der Waals surface area contributed by atoms with Crippen molar-refractivity contribution in [2.24, 2.45) is 11.7 Å². The van der Waals surface area contributed by atoms with Crippen LogP contribution in [0.15, 0.2) is 12.3 Å².